The van der Waals surface area contributed by atoms with E-state index in [1.165, 1.54) is 72.8 Å². The lowest BCUT2D eigenvalue weighted by atomic mass is 9.65. The van der Waals surface area contributed by atoms with Crippen molar-refractivity contribution in [3.63, 3.8) is 0 Å². The first-order chi connectivity index (χ1) is 19.8. The molecule has 214 valence electrons. The number of amides is 2. The Morgan fingerprint density at radius 2 is 0.881 bits per heavy atom. The summed E-state index contributed by atoms with van der Waals surface area (Å²) in [5.41, 5.74) is -6.05. The van der Waals surface area contributed by atoms with Gasteiger partial charge in [-0.2, -0.15) is 26.3 Å². The number of hydrogen-bond donors (Lipinski definition) is 0. The Balaban J connectivity index is 1.95. The average Bonchev–Trinajstić information content (AvgIpc) is 3.35. The Kier molecular flexibility index (Phi) is 6.19. The van der Waals surface area contributed by atoms with Gasteiger partial charge in [-0.3, -0.25) is 19.4 Å². The molecule has 42 heavy (non-hydrogen) atoms. The molecule has 2 heterocycles. The topological polar surface area (TPSA) is 40.6 Å². The molecular formula is C30H16Cl2F6N2O2. The third-order valence-electron chi connectivity index (χ3n) is 7.65. The summed E-state index contributed by atoms with van der Waals surface area (Å²) in [4.78, 5) is 28.0. The SMILES string of the molecule is O=C(N1c2ccc(Cl)cc2[C@]2(c3ccccc3)N(C(=O)C(F)(F)F)c3ccc(Cl)cc3[C@@]12c1ccccc1)C(F)(F)F. The Hall–Kier alpha value is -4.02. The maximum absolute atomic E-state index is 14.5. The number of fused-ring (bicyclic) bond motifs is 5. The van der Waals surface area contributed by atoms with Crippen molar-refractivity contribution in [2.24, 2.45) is 0 Å². The highest BCUT2D eigenvalue weighted by atomic mass is 35.5. The van der Waals surface area contributed by atoms with E-state index in [1.807, 2.05) is 0 Å². The standard InChI is InChI=1S/C30H16Cl2F6N2O2/c31-19-11-13-23-21(15-19)27(17-7-3-1-4-8-17)28(18-9-5-2-6-10-18,40(23)26(42)30(36,37)38)22-16-20(32)12-14-24(22)39(27)25(41)29(33,34)35/h1-16H/t27-,28+. The van der Waals surface area contributed by atoms with Crippen molar-refractivity contribution < 1.29 is 35.9 Å². The Bertz CT molecular complexity index is 1620. The quantitative estimate of drug-likeness (QED) is 0.213. The number of benzene rings is 4. The number of nitrogens with zero attached hydrogens (tertiary/aromatic N) is 2. The van der Waals surface area contributed by atoms with Crippen molar-refractivity contribution >= 4 is 46.4 Å². The van der Waals surface area contributed by atoms with Crippen molar-refractivity contribution in [2.75, 3.05) is 9.80 Å². The largest absolute Gasteiger partial charge is 0.471 e. The van der Waals surface area contributed by atoms with Gasteiger partial charge < -0.3 is 0 Å². The van der Waals surface area contributed by atoms with E-state index in [1.54, 1.807) is 12.1 Å². The number of carbonyl (C=O) groups is 2. The first kappa shape index (κ1) is 28.1. The zero-order valence-electron chi connectivity index (χ0n) is 21.0. The second-order valence-corrected chi connectivity index (χ2v) is 10.6. The van der Waals surface area contributed by atoms with Gasteiger partial charge in [0.15, 0.2) is 0 Å². The van der Waals surface area contributed by atoms with Crippen LogP contribution in [-0.4, -0.2) is 24.2 Å². The molecular weight excluding hydrogens is 605 g/mol. The molecule has 0 saturated carbocycles. The maximum Gasteiger partial charge on any atom is 0.471 e. The predicted molar refractivity (Wildman–Crippen MR) is 144 cm³/mol. The van der Waals surface area contributed by atoms with Crippen LogP contribution < -0.4 is 9.80 Å². The van der Waals surface area contributed by atoms with Crippen LogP contribution in [0.15, 0.2) is 97.1 Å². The molecule has 4 aromatic rings. The molecule has 0 aliphatic carbocycles. The van der Waals surface area contributed by atoms with Crippen LogP contribution in [0.1, 0.15) is 22.3 Å². The fraction of sp³-hybridized carbons (Fsp3) is 0.133. The third kappa shape index (κ3) is 3.57. The number of hydrogen-bond acceptors (Lipinski definition) is 2. The van der Waals surface area contributed by atoms with Gasteiger partial charge in [-0.25, -0.2) is 0 Å². The van der Waals surface area contributed by atoms with E-state index in [4.69, 9.17) is 23.2 Å². The van der Waals surface area contributed by atoms with Gasteiger partial charge >= 0.3 is 24.2 Å². The minimum absolute atomic E-state index is 0.000216. The Morgan fingerprint density at radius 1 is 0.548 bits per heavy atom. The Labute approximate surface area is 244 Å². The smallest absolute Gasteiger partial charge is 0.287 e. The molecule has 2 amide bonds. The van der Waals surface area contributed by atoms with Crippen molar-refractivity contribution in [1.82, 2.24) is 0 Å². The highest BCUT2D eigenvalue weighted by Crippen LogP contribution is 2.71. The lowest BCUT2D eigenvalue weighted by Gasteiger charge is -2.49. The van der Waals surface area contributed by atoms with Crippen LogP contribution >= 0.6 is 23.2 Å². The van der Waals surface area contributed by atoms with Gasteiger partial charge in [-0.15, -0.1) is 0 Å². The van der Waals surface area contributed by atoms with Gasteiger partial charge in [0.1, 0.15) is 11.1 Å². The molecule has 0 spiro atoms. The van der Waals surface area contributed by atoms with E-state index >= 15 is 0 Å². The number of rotatable bonds is 2. The van der Waals surface area contributed by atoms with Gasteiger partial charge in [0, 0.05) is 21.2 Å². The van der Waals surface area contributed by atoms with E-state index in [9.17, 15) is 35.9 Å². The molecule has 12 heteroatoms. The molecule has 0 saturated heterocycles. The Morgan fingerprint density at radius 3 is 1.19 bits per heavy atom. The molecule has 0 bridgehead atoms. The van der Waals surface area contributed by atoms with Gasteiger partial charge in [0.05, 0.1) is 11.4 Å². The molecule has 2 aliphatic heterocycles. The van der Waals surface area contributed by atoms with Crippen LogP contribution in [0.3, 0.4) is 0 Å². The second kappa shape index (κ2) is 9.24. The molecule has 6 rings (SSSR count). The summed E-state index contributed by atoms with van der Waals surface area (Å²) in [6.45, 7) is 0. The molecule has 4 aromatic carbocycles. The molecule has 0 fully saturated rings. The maximum atomic E-state index is 14.5. The first-order valence-corrected chi connectivity index (χ1v) is 13.1. The van der Waals surface area contributed by atoms with Gasteiger partial charge in [0.2, 0.25) is 0 Å². The van der Waals surface area contributed by atoms with Crippen LogP contribution in [-0.2, 0) is 20.7 Å². The zero-order chi connectivity index (χ0) is 30.2. The van der Waals surface area contributed by atoms with E-state index in [-0.39, 0.29) is 43.7 Å². The van der Waals surface area contributed by atoms with Crippen molar-refractivity contribution in [3.05, 3.63) is 129 Å². The summed E-state index contributed by atoms with van der Waals surface area (Å²) in [5.74, 6) is -4.72. The molecule has 2 atom stereocenters. The van der Waals surface area contributed by atoms with Crippen LogP contribution in [0.2, 0.25) is 10.0 Å². The number of halogens is 8. The first-order valence-electron chi connectivity index (χ1n) is 12.3. The monoisotopic (exact) mass is 620 g/mol. The zero-order valence-corrected chi connectivity index (χ0v) is 22.5. The minimum Gasteiger partial charge on any atom is -0.287 e. The normalized spacial score (nSPS) is 21.1. The fourth-order valence-electron chi connectivity index (χ4n) is 6.42. The van der Waals surface area contributed by atoms with E-state index in [0.29, 0.717) is 9.80 Å². The summed E-state index contributed by atoms with van der Waals surface area (Å²) in [6, 6.07) is 21.7. The van der Waals surface area contributed by atoms with E-state index in [2.05, 4.69) is 0 Å². The van der Waals surface area contributed by atoms with Crippen molar-refractivity contribution in [1.29, 1.82) is 0 Å². The van der Waals surface area contributed by atoms with E-state index in [0.717, 1.165) is 12.1 Å². The highest BCUT2D eigenvalue weighted by molar-refractivity contribution is 6.31. The van der Waals surface area contributed by atoms with Crippen molar-refractivity contribution in [2.45, 2.75) is 23.4 Å². The summed E-state index contributed by atoms with van der Waals surface area (Å²) >= 11 is 12.7. The van der Waals surface area contributed by atoms with Gasteiger partial charge in [-0.1, -0.05) is 83.9 Å². The third-order valence-corrected chi connectivity index (χ3v) is 8.12. The lowest BCUT2D eigenvalue weighted by molar-refractivity contribution is -0.173. The predicted octanol–water partition coefficient (Wildman–Crippen LogP) is 8.00. The number of carbonyl (C=O) groups excluding carboxylic acids is 2. The average molecular weight is 621 g/mol. The van der Waals surface area contributed by atoms with Crippen molar-refractivity contribution in [3.8, 4) is 0 Å². The van der Waals surface area contributed by atoms with Crippen LogP contribution in [0.5, 0.6) is 0 Å². The molecule has 0 N–H and O–H groups in total. The molecule has 0 radical (unpaired) electrons. The summed E-state index contributed by atoms with van der Waals surface area (Å²) in [7, 11) is 0. The molecule has 2 aliphatic rings. The van der Waals surface area contributed by atoms with Gasteiger partial charge in [0.25, 0.3) is 0 Å². The molecule has 0 aromatic heterocycles. The molecule has 0 unspecified atom stereocenters. The summed E-state index contributed by atoms with van der Waals surface area (Å²) in [5, 5.41) is -0.0820. The number of anilines is 2. The van der Waals surface area contributed by atoms with E-state index < -0.39 is 35.2 Å². The highest BCUT2D eigenvalue weighted by Gasteiger charge is 2.77. The summed E-state index contributed by atoms with van der Waals surface area (Å²) < 4.78 is 87.2. The fourth-order valence-corrected chi connectivity index (χ4v) is 6.77. The molecule has 4 nitrogen and oxygen atoms in total. The lowest BCUT2D eigenvalue weighted by Crippen LogP contribution is -2.65. The number of alkyl halides is 6. The van der Waals surface area contributed by atoms with Gasteiger partial charge in [-0.05, 0) is 47.5 Å². The van der Waals surface area contributed by atoms with Crippen LogP contribution in [0, 0.1) is 0 Å². The van der Waals surface area contributed by atoms with Crippen LogP contribution in [0.25, 0.3) is 0 Å². The summed E-state index contributed by atoms with van der Waals surface area (Å²) in [6.07, 6.45) is -11.0. The second-order valence-electron chi connectivity index (χ2n) is 9.75. The van der Waals surface area contributed by atoms with Crippen LogP contribution in [0.4, 0.5) is 37.7 Å². The minimum atomic E-state index is -5.48.